The molecule has 0 aliphatic carbocycles. The van der Waals surface area contributed by atoms with Crippen LogP contribution in [0.2, 0.25) is 16.6 Å². The number of benzene rings is 1. The van der Waals surface area contributed by atoms with Crippen LogP contribution in [0.3, 0.4) is 0 Å². The molecule has 2 aromatic rings. The zero-order valence-electron chi connectivity index (χ0n) is 22.2. The molecule has 1 aliphatic heterocycles. The number of nitrogens with zero attached hydrogens (tertiary/aromatic N) is 1. The molecule has 1 aromatic carbocycles. The second-order valence-corrected chi connectivity index (χ2v) is 17.9. The van der Waals surface area contributed by atoms with Crippen LogP contribution in [0, 0.1) is 11.5 Å². The van der Waals surface area contributed by atoms with E-state index < -0.39 is 35.8 Å². The highest BCUT2D eigenvalue weighted by atomic mass is 32.2. The Hall–Kier alpha value is -2.77. The highest BCUT2D eigenvalue weighted by molar-refractivity contribution is 7.94. The van der Waals surface area contributed by atoms with Gasteiger partial charge >= 0.3 is 5.92 Å². The molecule has 1 aliphatic rings. The summed E-state index contributed by atoms with van der Waals surface area (Å²) in [4.78, 5) is 17.1. The third kappa shape index (κ3) is 5.88. The fourth-order valence-electron chi connectivity index (χ4n) is 5.27. The van der Waals surface area contributed by atoms with Crippen LogP contribution in [-0.2, 0) is 15.8 Å². The van der Waals surface area contributed by atoms with Gasteiger partial charge in [-0.3, -0.25) is 4.79 Å². The maximum absolute atomic E-state index is 15.4. The van der Waals surface area contributed by atoms with Crippen LogP contribution in [-0.4, -0.2) is 46.3 Å². The van der Waals surface area contributed by atoms with Crippen LogP contribution in [0.5, 0.6) is 5.88 Å². The zero-order chi connectivity index (χ0) is 27.8. The van der Waals surface area contributed by atoms with E-state index in [1.54, 1.807) is 0 Å². The summed E-state index contributed by atoms with van der Waals surface area (Å²) in [6.45, 7) is 12.4. The van der Waals surface area contributed by atoms with E-state index in [0.29, 0.717) is 5.39 Å². The van der Waals surface area contributed by atoms with Crippen molar-refractivity contribution in [3.63, 3.8) is 0 Å². The largest absolute Gasteiger partial charge is 0.480 e. The maximum Gasteiger partial charge on any atom is 0.333 e. The Morgan fingerprint density at radius 3 is 2.27 bits per heavy atom. The fourth-order valence-corrected chi connectivity index (χ4v) is 11.7. The number of ether oxygens (including phenoxy) is 1. The van der Waals surface area contributed by atoms with Gasteiger partial charge in [-0.05, 0) is 40.8 Å². The van der Waals surface area contributed by atoms with Crippen molar-refractivity contribution in [2.24, 2.45) is 0 Å². The Morgan fingerprint density at radius 1 is 1.14 bits per heavy atom. The quantitative estimate of drug-likeness (QED) is 0.360. The SMILES string of the molecule is COc1nc2cc(C(F)(F)C#C[Si](C(C)C)(C(C)C)C(C)C)ccc2cc1C(=O)N[C@@H]1C=CS(=O)(=O)C1. The number of alkyl halides is 2. The number of hydrogen-bond acceptors (Lipinski definition) is 5. The van der Waals surface area contributed by atoms with Gasteiger partial charge in [-0.25, -0.2) is 13.4 Å². The number of carbonyl (C=O) groups is 1. The van der Waals surface area contributed by atoms with Crippen molar-refractivity contribution >= 4 is 34.7 Å². The highest BCUT2D eigenvalue weighted by Crippen LogP contribution is 2.41. The number of rotatable bonds is 7. The molecule has 0 radical (unpaired) electrons. The topological polar surface area (TPSA) is 85.4 Å². The lowest BCUT2D eigenvalue weighted by Crippen LogP contribution is -2.43. The minimum Gasteiger partial charge on any atom is -0.480 e. The molecule has 0 unspecified atom stereocenters. The molecular weight excluding hydrogens is 514 g/mol. The summed E-state index contributed by atoms with van der Waals surface area (Å²) in [5.74, 6) is -1.90. The van der Waals surface area contributed by atoms with E-state index in [0.717, 1.165) is 5.41 Å². The molecule has 1 amide bonds. The van der Waals surface area contributed by atoms with E-state index in [9.17, 15) is 13.2 Å². The van der Waals surface area contributed by atoms with Crippen LogP contribution in [0.25, 0.3) is 10.9 Å². The lowest BCUT2D eigenvalue weighted by molar-refractivity contribution is 0.0640. The minimum atomic E-state index is -3.38. The number of halogens is 2. The Labute approximate surface area is 218 Å². The number of hydrogen-bond donors (Lipinski definition) is 1. The Balaban J connectivity index is 1.98. The molecule has 0 spiro atoms. The first-order valence-corrected chi connectivity index (χ1v) is 16.2. The van der Waals surface area contributed by atoms with Gasteiger partial charge < -0.3 is 10.1 Å². The summed E-state index contributed by atoms with van der Waals surface area (Å²) < 4.78 is 59.2. The summed E-state index contributed by atoms with van der Waals surface area (Å²) >= 11 is 0. The van der Waals surface area contributed by atoms with Crippen LogP contribution >= 0.6 is 0 Å². The van der Waals surface area contributed by atoms with Crippen LogP contribution in [0.4, 0.5) is 8.78 Å². The monoisotopic (exact) mass is 548 g/mol. The van der Waals surface area contributed by atoms with E-state index in [4.69, 9.17) is 4.74 Å². The van der Waals surface area contributed by atoms with Crippen LogP contribution in [0.1, 0.15) is 57.5 Å². The standard InChI is InChI=1S/C27H34F2N2O4SSi/c1-17(2)37(18(3)4,19(5)6)13-11-27(28,29)21-9-8-20-14-23(26(35-7)31-24(20)15-21)25(32)30-22-10-12-36(33,34)16-22/h8-10,12,14-15,17-19,22H,16H2,1-7H3,(H,30,32)/t22-/m1/s1. The molecule has 0 fully saturated rings. The molecule has 37 heavy (non-hydrogen) atoms. The minimum absolute atomic E-state index is 0.0489. The summed E-state index contributed by atoms with van der Waals surface area (Å²) in [6, 6.07) is 4.86. The molecule has 1 aromatic heterocycles. The van der Waals surface area contributed by atoms with Gasteiger partial charge in [-0.15, -0.1) is 5.54 Å². The van der Waals surface area contributed by atoms with Gasteiger partial charge in [0.2, 0.25) is 5.88 Å². The number of amides is 1. The molecule has 200 valence electrons. The van der Waals surface area contributed by atoms with Crippen molar-refractivity contribution in [1.82, 2.24) is 10.3 Å². The van der Waals surface area contributed by atoms with Crippen molar-refractivity contribution in [1.29, 1.82) is 0 Å². The highest BCUT2D eigenvalue weighted by Gasteiger charge is 2.43. The summed E-state index contributed by atoms with van der Waals surface area (Å²) in [7, 11) is -4.37. The summed E-state index contributed by atoms with van der Waals surface area (Å²) in [6.07, 6.45) is 1.40. The first-order valence-electron chi connectivity index (χ1n) is 12.3. The Morgan fingerprint density at radius 2 is 1.76 bits per heavy atom. The number of pyridine rings is 1. The van der Waals surface area contributed by atoms with Crippen molar-refractivity contribution < 1.29 is 26.7 Å². The van der Waals surface area contributed by atoms with E-state index in [1.807, 2.05) is 0 Å². The molecule has 2 heterocycles. The molecule has 3 rings (SSSR count). The Bertz CT molecular complexity index is 1370. The number of sulfone groups is 1. The van der Waals surface area contributed by atoms with Gasteiger partial charge in [0.25, 0.3) is 5.91 Å². The molecular formula is C27H34F2N2O4SSi. The van der Waals surface area contributed by atoms with E-state index >= 15 is 8.78 Å². The molecule has 1 atom stereocenters. The predicted octanol–water partition coefficient (Wildman–Crippen LogP) is 5.60. The van der Waals surface area contributed by atoms with Crippen molar-refractivity contribution in [2.45, 2.75) is 70.1 Å². The average molecular weight is 549 g/mol. The zero-order valence-corrected chi connectivity index (χ0v) is 24.0. The number of nitrogens with one attached hydrogen (secondary N) is 1. The third-order valence-electron chi connectivity index (χ3n) is 7.13. The van der Waals surface area contributed by atoms with E-state index in [-0.39, 0.29) is 44.9 Å². The van der Waals surface area contributed by atoms with Gasteiger partial charge in [-0.2, -0.15) is 8.78 Å². The summed E-state index contributed by atoms with van der Waals surface area (Å²) in [5.41, 5.74) is 3.80. The molecule has 0 saturated heterocycles. The maximum atomic E-state index is 15.4. The second-order valence-electron chi connectivity index (χ2n) is 10.4. The normalized spacial score (nSPS) is 17.4. The van der Waals surface area contributed by atoms with Gasteiger partial charge in [0.15, 0.2) is 9.84 Å². The third-order valence-corrected chi connectivity index (χ3v) is 14.8. The van der Waals surface area contributed by atoms with Gasteiger partial charge in [0.1, 0.15) is 13.6 Å². The molecule has 10 heteroatoms. The Kier molecular flexibility index (Phi) is 8.20. The lowest BCUT2D eigenvalue weighted by Gasteiger charge is -2.38. The number of aromatic nitrogens is 1. The first kappa shape index (κ1) is 28.8. The smallest absolute Gasteiger partial charge is 0.333 e. The molecule has 0 saturated carbocycles. The predicted molar refractivity (Wildman–Crippen MR) is 145 cm³/mol. The number of methoxy groups -OCH3 is 1. The fraction of sp³-hybridized carbons (Fsp3) is 0.481. The molecule has 1 N–H and O–H groups in total. The van der Waals surface area contributed by atoms with E-state index in [1.165, 1.54) is 37.5 Å². The summed E-state index contributed by atoms with van der Waals surface area (Å²) in [5, 5.41) is 4.15. The van der Waals surface area contributed by atoms with Gasteiger partial charge in [0.05, 0.1) is 24.4 Å². The van der Waals surface area contributed by atoms with Crippen molar-refractivity contribution in [2.75, 3.05) is 12.9 Å². The van der Waals surface area contributed by atoms with Crippen molar-refractivity contribution in [3.8, 4) is 17.3 Å². The van der Waals surface area contributed by atoms with Crippen molar-refractivity contribution in [3.05, 3.63) is 46.9 Å². The van der Waals surface area contributed by atoms with Gasteiger partial charge in [-0.1, -0.05) is 53.7 Å². The lowest BCUT2D eigenvalue weighted by atomic mass is 10.0. The van der Waals surface area contributed by atoms with Crippen LogP contribution < -0.4 is 10.1 Å². The molecule has 0 bridgehead atoms. The number of fused-ring (bicyclic) bond motifs is 1. The molecule has 6 nitrogen and oxygen atoms in total. The van der Waals surface area contributed by atoms with Crippen LogP contribution in [0.15, 0.2) is 35.7 Å². The first-order chi connectivity index (χ1) is 17.1. The second kappa shape index (κ2) is 10.5. The van der Waals surface area contributed by atoms with Gasteiger partial charge in [0, 0.05) is 16.4 Å². The number of carbonyl (C=O) groups excluding carboxylic acids is 1. The average Bonchev–Trinajstić information content (AvgIpc) is 3.15. The van der Waals surface area contributed by atoms with E-state index in [2.05, 4.69) is 63.3 Å².